The summed E-state index contributed by atoms with van der Waals surface area (Å²) in [4.78, 5) is 16.5. The third-order valence-corrected chi connectivity index (χ3v) is 13.9. The molecule has 6 aromatic rings. The van der Waals surface area contributed by atoms with Crippen LogP contribution in [0.15, 0.2) is 101 Å². The molecule has 6 heteroatoms. The largest absolute Gasteiger partial charge is 0.512 e. The van der Waals surface area contributed by atoms with Gasteiger partial charge in [0.05, 0.1) is 5.76 Å². The maximum Gasteiger partial charge on any atom is 0.162 e. The van der Waals surface area contributed by atoms with E-state index in [9.17, 15) is 9.90 Å². The number of hydrogen-bond acceptors (Lipinski definition) is 4. The van der Waals surface area contributed by atoms with E-state index >= 15 is 0 Å². The molecule has 0 saturated heterocycles. The molecule has 3 heterocycles. The molecule has 0 unspecified atom stereocenters. The standard InChI is InChI=1S/C35H30NOSi.C13H24O2.Ir/c1-35(2,3)30-20-26(19-24-8-6-7-9-27(24)30)33-34-29(14-16-36-33)28-12-10-23(21-31(28)37-34)22-11-13-32-25(18-22)15-17-38(32,4)5;1-5-10(6-2)12(14)9-13(15)11(7-3)8-4;/h6-18,20-21H,1-5H3;9-11,14H,5-8H2,1-4H3;/q-1;;/b;12-9-;. The summed E-state index contributed by atoms with van der Waals surface area (Å²) in [5.41, 5.74) is 11.0. The van der Waals surface area contributed by atoms with Crippen LogP contribution in [0, 0.1) is 17.9 Å². The fourth-order valence-corrected chi connectivity index (χ4v) is 9.88. The van der Waals surface area contributed by atoms with Crippen LogP contribution in [0.4, 0.5) is 0 Å². The number of hydrogen-bond donors (Lipinski definition) is 1. The molecule has 0 saturated carbocycles. The van der Waals surface area contributed by atoms with Gasteiger partial charge in [-0.1, -0.05) is 121 Å². The molecule has 4 nitrogen and oxygen atoms in total. The van der Waals surface area contributed by atoms with Crippen LogP contribution in [0.5, 0.6) is 0 Å². The van der Waals surface area contributed by atoms with E-state index in [1.807, 2.05) is 33.9 Å². The van der Waals surface area contributed by atoms with E-state index in [1.54, 1.807) is 0 Å². The van der Waals surface area contributed by atoms with E-state index in [-0.39, 0.29) is 48.9 Å². The Bertz CT molecular complexity index is 2350. The van der Waals surface area contributed by atoms with E-state index in [0.29, 0.717) is 0 Å². The molecule has 4 aromatic carbocycles. The van der Waals surface area contributed by atoms with Crippen LogP contribution in [0.3, 0.4) is 0 Å². The van der Waals surface area contributed by atoms with Crippen LogP contribution in [-0.2, 0) is 30.3 Å². The molecular formula is C48H54IrNO3Si-. The first-order valence-corrected chi connectivity index (χ1v) is 22.4. The number of ketones is 1. The predicted octanol–water partition coefficient (Wildman–Crippen LogP) is 12.9. The van der Waals surface area contributed by atoms with Gasteiger partial charge < -0.3 is 9.52 Å². The number of fused-ring (bicyclic) bond motifs is 5. The third-order valence-electron chi connectivity index (χ3n) is 11.1. The molecule has 0 bridgehead atoms. The zero-order valence-electron chi connectivity index (χ0n) is 33.3. The molecule has 0 aliphatic carbocycles. The number of aliphatic hydroxyl groups is 1. The summed E-state index contributed by atoms with van der Waals surface area (Å²) in [5.74, 6) is 0.547. The molecule has 283 valence electrons. The molecule has 2 aromatic heterocycles. The van der Waals surface area contributed by atoms with Crippen LogP contribution < -0.4 is 5.19 Å². The Morgan fingerprint density at radius 3 is 2.20 bits per heavy atom. The molecule has 0 amide bonds. The van der Waals surface area contributed by atoms with Crippen molar-refractivity contribution >= 4 is 57.8 Å². The number of allylic oxidation sites excluding steroid dienone is 2. The maximum absolute atomic E-state index is 11.7. The van der Waals surface area contributed by atoms with Crippen molar-refractivity contribution in [2.75, 3.05) is 0 Å². The zero-order chi connectivity index (χ0) is 38.1. The fourth-order valence-electron chi connectivity index (χ4n) is 7.69. The molecule has 0 atom stereocenters. The molecule has 0 spiro atoms. The molecule has 54 heavy (non-hydrogen) atoms. The molecular weight excluding hydrogens is 859 g/mol. The second-order valence-corrected chi connectivity index (χ2v) is 20.4. The molecule has 1 aliphatic heterocycles. The Balaban J connectivity index is 0.000000301. The SMILES string of the molecule is CC(C)(C)c1cc(-c2nccc3c2oc2cc(-c4ccc5c(c4)C=C[Si]5(C)C)ccc23)[c-]c2ccccc12.CCC(CC)C(=O)/C=C(\O)C(CC)CC.[Ir]. The number of aromatic nitrogens is 1. The van der Waals surface area contributed by atoms with Crippen molar-refractivity contribution in [1.29, 1.82) is 0 Å². The van der Waals surface area contributed by atoms with Gasteiger partial charge in [-0.3, -0.25) is 9.78 Å². The average molecular weight is 913 g/mol. The van der Waals surface area contributed by atoms with Gasteiger partial charge in [0.1, 0.15) is 19.2 Å². The second-order valence-electron chi connectivity index (χ2n) is 16.1. The van der Waals surface area contributed by atoms with Crippen molar-refractivity contribution in [1.82, 2.24) is 4.98 Å². The van der Waals surface area contributed by atoms with Gasteiger partial charge in [0.25, 0.3) is 0 Å². The zero-order valence-corrected chi connectivity index (χ0v) is 36.7. The van der Waals surface area contributed by atoms with E-state index in [4.69, 9.17) is 9.40 Å². The number of pyridine rings is 1. The van der Waals surface area contributed by atoms with Crippen molar-refractivity contribution in [2.24, 2.45) is 11.8 Å². The minimum atomic E-state index is -1.43. The second kappa shape index (κ2) is 16.7. The summed E-state index contributed by atoms with van der Waals surface area (Å²) in [5, 5.41) is 15.8. The maximum atomic E-state index is 11.7. The molecule has 1 N–H and O–H groups in total. The minimum Gasteiger partial charge on any atom is -0.512 e. The van der Waals surface area contributed by atoms with Gasteiger partial charge in [0.2, 0.25) is 0 Å². The van der Waals surface area contributed by atoms with Gasteiger partial charge in [-0.2, -0.15) is 0 Å². The summed E-state index contributed by atoms with van der Waals surface area (Å²) in [6, 6.07) is 29.9. The van der Waals surface area contributed by atoms with Crippen LogP contribution in [-0.4, -0.2) is 23.9 Å². The van der Waals surface area contributed by atoms with Crippen LogP contribution >= 0.6 is 0 Å². The number of benzene rings is 4. The summed E-state index contributed by atoms with van der Waals surface area (Å²) < 4.78 is 6.57. The normalized spacial score (nSPS) is 13.7. The third kappa shape index (κ3) is 8.27. The van der Waals surface area contributed by atoms with Gasteiger partial charge in [0.15, 0.2) is 5.78 Å². The number of rotatable bonds is 9. The minimum absolute atomic E-state index is 0. The van der Waals surface area contributed by atoms with E-state index in [1.165, 1.54) is 38.9 Å². The molecule has 0 fully saturated rings. The fraction of sp³-hybridized carbons (Fsp3) is 0.333. The van der Waals surface area contributed by atoms with Crippen molar-refractivity contribution in [2.45, 2.75) is 92.7 Å². The first kappa shape index (κ1) is 41.1. The van der Waals surface area contributed by atoms with E-state index in [0.717, 1.165) is 64.3 Å². The Morgan fingerprint density at radius 2 is 1.52 bits per heavy atom. The first-order valence-electron chi connectivity index (χ1n) is 19.3. The summed E-state index contributed by atoms with van der Waals surface area (Å²) in [6.07, 6.45) is 9.09. The topological polar surface area (TPSA) is 63.3 Å². The predicted molar refractivity (Wildman–Crippen MR) is 227 cm³/mol. The van der Waals surface area contributed by atoms with E-state index < -0.39 is 8.07 Å². The number of carbonyl (C=O) groups is 1. The van der Waals surface area contributed by atoms with Gasteiger partial charge in [-0.25, -0.2) is 0 Å². The Kier molecular flexibility index (Phi) is 12.7. The molecule has 1 aliphatic rings. The van der Waals surface area contributed by atoms with Crippen LogP contribution in [0.25, 0.3) is 61.2 Å². The molecule has 1 radical (unpaired) electrons. The Labute approximate surface area is 336 Å². The first-order chi connectivity index (χ1) is 25.3. The van der Waals surface area contributed by atoms with Crippen LogP contribution in [0.2, 0.25) is 13.1 Å². The summed E-state index contributed by atoms with van der Waals surface area (Å²) in [7, 11) is -1.43. The van der Waals surface area contributed by atoms with Crippen molar-refractivity contribution in [3.05, 3.63) is 114 Å². The average Bonchev–Trinajstić information content (AvgIpc) is 3.67. The monoisotopic (exact) mass is 913 g/mol. The summed E-state index contributed by atoms with van der Waals surface area (Å²) in [6.45, 7) is 19.6. The smallest absolute Gasteiger partial charge is 0.162 e. The van der Waals surface area contributed by atoms with Crippen molar-refractivity contribution in [3.8, 4) is 22.4 Å². The Morgan fingerprint density at radius 1 is 0.852 bits per heavy atom. The van der Waals surface area contributed by atoms with Crippen molar-refractivity contribution < 1.29 is 34.4 Å². The van der Waals surface area contributed by atoms with Crippen molar-refractivity contribution in [3.63, 3.8) is 0 Å². The molecule has 7 rings (SSSR count). The van der Waals surface area contributed by atoms with E-state index in [2.05, 4.69) is 125 Å². The number of nitrogens with zero attached hydrogens (tertiary/aromatic N) is 1. The summed E-state index contributed by atoms with van der Waals surface area (Å²) >= 11 is 0. The van der Waals surface area contributed by atoms with Crippen LogP contribution in [0.1, 0.15) is 85.3 Å². The van der Waals surface area contributed by atoms with Gasteiger partial charge in [0, 0.05) is 60.7 Å². The van der Waals surface area contributed by atoms with Gasteiger partial charge in [-0.05, 0) is 77.2 Å². The number of carbonyl (C=O) groups excluding carboxylic acids is 1. The number of furan rings is 1. The Hall–Kier alpha value is -4.09. The van der Waals surface area contributed by atoms with Gasteiger partial charge >= 0.3 is 0 Å². The quantitative estimate of drug-likeness (QED) is 0.0679. The van der Waals surface area contributed by atoms with Gasteiger partial charge in [-0.15, -0.1) is 29.1 Å². The number of aliphatic hydroxyl groups excluding tert-OH is 1.